The number of halogens is 1. The summed E-state index contributed by atoms with van der Waals surface area (Å²) in [5, 5.41) is 3.28. The normalized spacial score (nSPS) is 29.6. The molecule has 35 heavy (non-hydrogen) atoms. The SMILES string of the molecule is COc1cc2cc(c1Cl)N(C)C(=O)CCC1OC1CC1CC(NC(=O)O1)[C@H](OC)C=CC=C(C)C2. The molecule has 1 N–H and O–H groups in total. The Morgan fingerprint density at radius 1 is 1.17 bits per heavy atom. The highest BCUT2D eigenvalue weighted by molar-refractivity contribution is 6.35. The molecule has 4 unspecified atom stereocenters. The summed E-state index contributed by atoms with van der Waals surface area (Å²) >= 11 is 6.57. The van der Waals surface area contributed by atoms with Crippen molar-refractivity contribution >= 4 is 29.3 Å². The predicted molar refractivity (Wildman–Crippen MR) is 133 cm³/mol. The molecule has 4 bridgehead atoms. The van der Waals surface area contributed by atoms with Crippen LogP contribution in [0.4, 0.5) is 10.5 Å². The van der Waals surface area contributed by atoms with Gasteiger partial charge in [-0.2, -0.15) is 0 Å². The molecule has 0 spiro atoms. The number of nitrogens with one attached hydrogen (secondary N) is 1. The van der Waals surface area contributed by atoms with E-state index in [4.69, 9.17) is 30.5 Å². The number of benzene rings is 1. The molecule has 3 aliphatic rings. The Labute approximate surface area is 211 Å². The van der Waals surface area contributed by atoms with Gasteiger partial charge in [-0.3, -0.25) is 4.79 Å². The van der Waals surface area contributed by atoms with Crippen LogP contribution in [0.5, 0.6) is 5.75 Å². The van der Waals surface area contributed by atoms with Crippen LogP contribution in [-0.2, 0) is 25.4 Å². The van der Waals surface area contributed by atoms with E-state index in [1.54, 1.807) is 26.2 Å². The number of ether oxygens (including phenoxy) is 4. The highest BCUT2D eigenvalue weighted by Gasteiger charge is 2.43. The number of epoxide rings is 1. The zero-order chi connectivity index (χ0) is 25.1. The van der Waals surface area contributed by atoms with Gasteiger partial charge in [0.15, 0.2) is 0 Å². The zero-order valence-corrected chi connectivity index (χ0v) is 21.3. The van der Waals surface area contributed by atoms with Crippen LogP contribution in [0.2, 0.25) is 5.02 Å². The third kappa shape index (κ3) is 6.18. The highest BCUT2D eigenvalue weighted by atomic mass is 35.5. The molecule has 0 saturated carbocycles. The van der Waals surface area contributed by atoms with E-state index in [1.165, 1.54) is 0 Å². The third-order valence-corrected chi connectivity index (χ3v) is 7.17. The van der Waals surface area contributed by atoms with Gasteiger partial charge in [0.25, 0.3) is 0 Å². The number of rotatable bonds is 2. The topological polar surface area (TPSA) is 89.6 Å². The lowest BCUT2D eigenvalue weighted by atomic mass is 9.97. The second kappa shape index (κ2) is 11.0. The van der Waals surface area contributed by atoms with E-state index < -0.39 is 6.09 Å². The van der Waals surface area contributed by atoms with Crippen LogP contribution in [0, 0.1) is 0 Å². The standard InChI is InChI=1S/C26H33ClN2O6/c1-15-6-5-7-20(32-3)18-13-17(34-26(31)28-18)14-22-21(35-22)8-9-24(30)29(2)19-11-16(10-15)12-23(33-4)25(19)27/h5-7,11-12,17-18,20-22H,8-10,13-14H2,1-4H3,(H,28,31)/t17?,18?,20-,21?,22?/m1/s1. The van der Waals surface area contributed by atoms with Crippen LogP contribution >= 0.6 is 11.6 Å². The maximum atomic E-state index is 13.0. The number of alkyl carbamates (subject to hydrolysis) is 1. The number of carbonyl (C=O) groups is 2. The summed E-state index contributed by atoms with van der Waals surface area (Å²) in [5.74, 6) is 0.478. The predicted octanol–water partition coefficient (Wildman–Crippen LogP) is 4.19. The molecular formula is C26H33ClN2O6. The average Bonchev–Trinajstić information content (AvgIpc) is 3.57. The molecule has 2 fully saturated rings. The molecule has 0 radical (unpaired) electrons. The highest BCUT2D eigenvalue weighted by Crippen LogP contribution is 2.38. The second-order valence-corrected chi connectivity index (χ2v) is 9.74. The number of allylic oxidation sites excluding steroid dienone is 3. The first-order chi connectivity index (χ1) is 16.8. The van der Waals surface area contributed by atoms with Crippen LogP contribution < -0.4 is 15.0 Å². The molecule has 3 aliphatic heterocycles. The van der Waals surface area contributed by atoms with Gasteiger partial charge in [-0.25, -0.2) is 4.79 Å². The number of nitrogens with zero attached hydrogens (tertiary/aromatic N) is 1. The number of methoxy groups -OCH3 is 2. The first-order valence-corrected chi connectivity index (χ1v) is 12.3. The minimum Gasteiger partial charge on any atom is -0.495 e. The largest absolute Gasteiger partial charge is 0.495 e. The molecule has 4 rings (SSSR count). The fourth-order valence-electron chi connectivity index (χ4n) is 4.78. The Morgan fingerprint density at radius 3 is 2.71 bits per heavy atom. The Hall–Kier alpha value is -2.55. The lowest BCUT2D eigenvalue weighted by Crippen LogP contribution is -2.51. The van der Waals surface area contributed by atoms with Crippen LogP contribution in [0.3, 0.4) is 0 Å². The molecule has 2 amide bonds. The Bertz CT molecular complexity index is 1030. The lowest BCUT2D eigenvalue weighted by molar-refractivity contribution is -0.118. The zero-order valence-electron chi connectivity index (χ0n) is 20.6. The summed E-state index contributed by atoms with van der Waals surface area (Å²) < 4.78 is 22.4. The molecule has 0 aromatic heterocycles. The molecule has 2 saturated heterocycles. The van der Waals surface area contributed by atoms with Crippen molar-refractivity contribution in [2.24, 2.45) is 0 Å². The van der Waals surface area contributed by atoms with Gasteiger partial charge >= 0.3 is 6.09 Å². The molecular weight excluding hydrogens is 472 g/mol. The summed E-state index contributed by atoms with van der Waals surface area (Å²) in [5.41, 5.74) is 2.70. The number of carbonyl (C=O) groups excluding carboxylic acids is 2. The van der Waals surface area contributed by atoms with Crippen LogP contribution in [0.25, 0.3) is 0 Å². The maximum Gasteiger partial charge on any atom is 0.407 e. The number of hydrogen-bond acceptors (Lipinski definition) is 6. The Kier molecular flexibility index (Phi) is 8.04. The third-order valence-electron chi connectivity index (χ3n) is 6.79. The van der Waals surface area contributed by atoms with Crippen LogP contribution in [0.1, 0.15) is 38.2 Å². The quantitative estimate of drug-likeness (QED) is 0.607. The first-order valence-electron chi connectivity index (χ1n) is 11.9. The van der Waals surface area contributed by atoms with Gasteiger partial charge in [-0.1, -0.05) is 35.4 Å². The monoisotopic (exact) mass is 504 g/mol. The number of anilines is 1. The Morgan fingerprint density at radius 2 is 1.97 bits per heavy atom. The molecule has 3 heterocycles. The van der Waals surface area contributed by atoms with Crippen molar-refractivity contribution in [1.82, 2.24) is 5.32 Å². The molecule has 1 aromatic carbocycles. The molecule has 8 nitrogen and oxygen atoms in total. The van der Waals surface area contributed by atoms with Gasteiger partial charge in [-0.15, -0.1) is 0 Å². The van der Waals surface area contributed by atoms with Crippen LogP contribution in [0.15, 0.2) is 35.9 Å². The molecule has 5 atom stereocenters. The van der Waals surface area contributed by atoms with E-state index in [0.29, 0.717) is 48.6 Å². The number of amides is 2. The first kappa shape index (κ1) is 25.5. The maximum absolute atomic E-state index is 13.0. The molecule has 9 heteroatoms. The van der Waals surface area contributed by atoms with Gasteiger partial charge in [-0.05, 0) is 37.5 Å². The van der Waals surface area contributed by atoms with E-state index in [0.717, 1.165) is 11.1 Å². The van der Waals surface area contributed by atoms with Crippen LogP contribution in [-0.4, -0.2) is 63.7 Å². The van der Waals surface area contributed by atoms with Gasteiger partial charge in [0.2, 0.25) is 5.91 Å². The molecule has 0 aliphatic carbocycles. The second-order valence-electron chi connectivity index (χ2n) is 9.36. The van der Waals surface area contributed by atoms with Crippen molar-refractivity contribution in [3.8, 4) is 5.75 Å². The van der Waals surface area contributed by atoms with Crippen molar-refractivity contribution in [2.45, 2.75) is 69.5 Å². The summed E-state index contributed by atoms with van der Waals surface area (Å²) in [6.07, 6.45) is 7.64. The minimum atomic E-state index is -0.446. The van der Waals surface area contributed by atoms with Gasteiger partial charge < -0.3 is 29.2 Å². The summed E-state index contributed by atoms with van der Waals surface area (Å²) in [4.78, 5) is 26.7. The molecule has 190 valence electrons. The van der Waals surface area contributed by atoms with E-state index in [1.807, 2.05) is 37.3 Å². The van der Waals surface area contributed by atoms with E-state index in [9.17, 15) is 9.59 Å². The minimum absolute atomic E-state index is 0.0252. The summed E-state index contributed by atoms with van der Waals surface area (Å²) in [6.45, 7) is 2.03. The van der Waals surface area contributed by atoms with Crippen molar-refractivity contribution in [2.75, 3.05) is 26.2 Å². The van der Waals surface area contributed by atoms with E-state index in [-0.39, 0.29) is 36.4 Å². The van der Waals surface area contributed by atoms with Crippen molar-refractivity contribution in [1.29, 1.82) is 0 Å². The smallest absolute Gasteiger partial charge is 0.407 e. The fourth-order valence-corrected chi connectivity index (χ4v) is 5.09. The van der Waals surface area contributed by atoms with Crippen molar-refractivity contribution < 1.29 is 28.5 Å². The summed E-state index contributed by atoms with van der Waals surface area (Å²) in [7, 11) is 4.93. The van der Waals surface area contributed by atoms with E-state index in [2.05, 4.69) is 5.32 Å². The lowest BCUT2D eigenvalue weighted by Gasteiger charge is -2.33. The van der Waals surface area contributed by atoms with Crippen molar-refractivity contribution in [3.05, 3.63) is 46.5 Å². The Balaban J connectivity index is 1.63. The van der Waals surface area contributed by atoms with Gasteiger partial charge in [0.05, 0.1) is 37.2 Å². The number of hydrogen-bond donors (Lipinski definition) is 1. The number of fused-ring (bicyclic) bond motifs is 5. The summed E-state index contributed by atoms with van der Waals surface area (Å²) in [6, 6.07) is 3.63. The van der Waals surface area contributed by atoms with Gasteiger partial charge in [0, 0.05) is 33.4 Å². The fraction of sp³-hybridized carbons (Fsp3) is 0.538. The van der Waals surface area contributed by atoms with Crippen molar-refractivity contribution in [3.63, 3.8) is 0 Å². The van der Waals surface area contributed by atoms with Gasteiger partial charge in [0.1, 0.15) is 16.9 Å². The molecule has 1 aromatic rings. The average molecular weight is 505 g/mol. The van der Waals surface area contributed by atoms with E-state index >= 15 is 0 Å².